The summed E-state index contributed by atoms with van der Waals surface area (Å²) in [6, 6.07) is 0. The van der Waals surface area contributed by atoms with Gasteiger partial charge < -0.3 is 0 Å². The molecule has 0 aliphatic heterocycles. The molecule has 0 amide bonds. The minimum atomic E-state index is -4.18. The summed E-state index contributed by atoms with van der Waals surface area (Å²) in [6.45, 7) is 12.1. The molecule has 1 aromatic rings. The molecule has 5 heteroatoms. The molecular formula is C15H24O3SSi. The second-order valence-corrected chi connectivity index (χ2v) is 8.69. The number of hydrogen-bond donors (Lipinski definition) is 1. The molecular weight excluding hydrogens is 288 g/mol. The molecule has 1 rings (SSSR count). The first kappa shape index (κ1) is 17.4. The van der Waals surface area contributed by atoms with Gasteiger partial charge in [0, 0.05) is 0 Å². The Morgan fingerprint density at radius 2 is 1.55 bits per heavy atom. The lowest BCUT2D eigenvalue weighted by molar-refractivity contribution is 0.482. The van der Waals surface area contributed by atoms with Gasteiger partial charge >= 0.3 is 0 Å². The molecule has 20 heavy (non-hydrogen) atoms. The summed E-state index contributed by atoms with van der Waals surface area (Å²) in [7, 11) is -3.80. The van der Waals surface area contributed by atoms with Crippen molar-refractivity contribution in [3.8, 4) is 0 Å². The van der Waals surface area contributed by atoms with E-state index in [1.54, 1.807) is 0 Å². The Labute approximate surface area is 125 Å². The smallest absolute Gasteiger partial charge is 0.282 e. The zero-order valence-electron chi connectivity index (χ0n) is 13.2. The van der Waals surface area contributed by atoms with Crippen LogP contribution in [0.5, 0.6) is 0 Å². The van der Waals surface area contributed by atoms with Crippen molar-refractivity contribution in [2.24, 2.45) is 0 Å². The lowest BCUT2D eigenvalue weighted by atomic mass is 9.94. The molecule has 0 saturated carbocycles. The van der Waals surface area contributed by atoms with Gasteiger partial charge in [0.05, 0.1) is 14.4 Å². The quantitative estimate of drug-likeness (QED) is 0.672. The number of hydrogen-bond acceptors (Lipinski definition) is 2. The van der Waals surface area contributed by atoms with E-state index in [0.29, 0.717) is 21.5 Å². The second kappa shape index (κ2) is 6.41. The molecule has 0 aromatic heterocycles. The maximum Gasteiger partial charge on any atom is 0.294 e. The zero-order valence-corrected chi connectivity index (χ0v) is 15.0. The Bertz CT molecular complexity index is 604. The normalized spacial score (nSPS) is 12.2. The minimum Gasteiger partial charge on any atom is -0.282 e. The third-order valence-electron chi connectivity index (χ3n) is 3.63. The molecule has 0 heterocycles. The first-order chi connectivity index (χ1) is 9.15. The predicted octanol–water partition coefficient (Wildman–Crippen LogP) is 2.83. The topological polar surface area (TPSA) is 54.4 Å². The molecule has 0 fully saturated rings. The van der Waals surface area contributed by atoms with Gasteiger partial charge in [-0.3, -0.25) is 4.55 Å². The van der Waals surface area contributed by atoms with E-state index in [4.69, 9.17) is 0 Å². The Balaban J connectivity index is 3.86. The SMILES string of the molecule is CCc1c(C)c(CC)c(S(=O)(=O)O)c([Si]C(C)C)c1C. The maximum absolute atomic E-state index is 11.9. The third-order valence-corrected chi connectivity index (χ3v) is 6.27. The van der Waals surface area contributed by atoms with E-state index < -0.39 is 10.1 Å². The van der Waals surface area contributed by atoms with Crippen molar-refractivity contribution in [3.05, 3.63) is 22.3 Å². The molecule has 0 saturated heterocycles. The first-order valence-corrected chi connectivity index (χ1v) is 9.55. The van der Waals surface area contributed by atoms with Crippen LogP contribution in [0.15, 0.2) is 4.90 Å². The predicted molar refractivity (Wildman–Crippen MR) is 85.0 cm³/mol. The van der Waals surface area contributed by atoms with E-state index in [2.05, 4.69) is 20.8 Å². The van der Waals surface area contributed by atoms with Crippen molar-refractivity contribution in [2.75, 3.05) is 0 Å². The summed E-state index contributed by atoms with van der Waals surface area (Å²) in [5.41, 5.74) is 4.40. The van der Waals surface area contributed by atoms with Gasteiger partial charge in [-0.25, -0.2) is 0 Å². The van der Waals surface area contributed by atoms with E-state index in [-0.39, 0.29) is 4.90 Å². The summed E-state index contributed by atoms with van der Waals surface area (Å²) in [4.78, 5) is 0.166. The molecule has 0 atom stereocenters. The van der Waals surface area contributed by atoms with Gasteiger partial charge in [0.1, 0.15) is 0 Å². The summed E-state index contributed by atoms with van der Waals surface area (Å²) < 4.78 is 33.4. The Morgan fingerprint density at radius 3 is 1.90 bits per heavy atom. The van der Waals surface area contributed by atoms with Crippen molar-refractivity contribution < 1.29 is 13.0 Å². The van der Waals surface area contributed by atoms with Crippen molar-refractivity contribution in [3.63, 3.8) is 0 Å². The van der Waals surface area contributed by atoms with Gasteiger partial charge in [-0.2, -0.15) is 8.42 Å². The fourth-order valence-electron chi connectivity index (χ4n) is 2.81. The number of benzene rings is 1. The standard InChI is InChI=1S/C15H24O3SSi/c1-7-12-10(5)13(8-2)14(19(16,17)18)15(11(12)6)20-9(3)4/h9H,7-8H2,1-6H3,(H,16,17,18). The van der Waals surface area contributed by atoms with Crippen molar-refractivity contribution >= 4 is 24.8 Å². The van der Waals surface area contributed by atoms with Crippen LogP contribution in [0.25, 0.3) is 0 Å². The minimum absolute atomic E-state index is 0.166. The highest BCUT2D eigenvalue weighted by Crippen LogP contribution is 2.26. The summed E-state index contributed by atoms with van der Waals surface area (Å²) >= 11 is 0. The lowest BCUT2D eigenvalue weighted by Crippen LogP contribution is -2.30. The fourth-order valence-corrected chi connectivity index (χ4v) is 5.62. The lowest BCUT2D eigenvalue weighted by Gasteiger charge is -2.22. The molecule has 2 radical (unpaired) electrons. The van der Waals surface area contributed by atoms with Crippen molar-refractivity contribution in [2.45, 2.75) is 64.8 Å². The van der Waals surface area contributed by atoms with E-state index in [1.807, 2.05) is 20.8 Å². The second-order valence-electron chi connectivity index (χ2n) is 5.39. The highest BCUT2D eigenvalue weighted by molar-refractivity contribution is 7.86. The molecule has 3 nitrogen and oxygen atoms in total. The molecule has 0 bridgehead atoms. The van der Waals surface area contributed by atoms with E-state index >= 15 is 0 Å². The van der Waals surface area contributed by atoms with E-state index in [9.17, 15) is 13.0 Å². The van der Waals surface area contributed by atoms with Crippen LogP contribution in [0, 0.1) is 13.8 Å². The zero-order chi connectivity index (χ0) is 15.7. The summed E-state index contributed by atoms with van der Waals surface area (Å²) in [5.74, 6) is 0. The largest absolute Gasteiger partial charge is 0.294 e. The van der Waals surface area contributed by atoms with Crippen molar-refractivity contribution in [1.29, 1.82) is 0 Å². The van der Waals surface area contributed by atoms with E-state index in [1.165, 1.54) is 5.56 Å². The Morgan fingerprint density at radius 1 is 1.05 bits per heavy atom. The Kier molecular flexibility index (Phi) is 5.58. The van der Waals surface area contributed by atoms with Crippen LogP contribution < -0.4 is 5.19 Å². The average molecular weight is 313 g/mol. The molecule has 1 aromatic carbocycles. The molecule has 0 aliphatic rings. The Hall–Kier alpha value is -0.653. The van der Waals surface area contributed by atoms with Gasteiger partial charge in [0.15, 0.2) is 0 Å². The van der Waals surface area contributed by atoms with Crippen LogP contribution in [-0.2, 0) is 23.0 Å². The van der Waals surface area contributed by atoms with Crippen LogP contribution in [-0.4, -0.2) is 22.5 Å². The van der Waals surface area contributed by atoms with Crippen LogP contribution >= 0.6 is 0 Å². The van der Waals surface area contributed by atoms with Crippen LogP contribution in [0.4, 0.5) is 0 Å². The monoisotopic (exact) mass is 312 g/mol. The van der Waals surface area contributed by atoms with Crippen LogP contribution in [0.3, 0.4) is 0 Å². The van der Waals surface area contributed by atoms with Gasteiger partial charge in [-0.15, -0.1) is 0 Å². The van der Waals surface area contributed by atoms with Gasteiger partial charge in [0.2, 0.25) is 0 Å². The summed E-state index contributed by atoms with van der Waals surface area (Å²) in [6.07, 6.45) is 1.50. The molecule has 1 N–H and O–H groups in total. The highest BCUT2D eigenvalue weighted by atomic mass is 32.2. The molecule has 0 unspecified atom stereocenters. The van der Waals surface area contributed by atoms with Gasteiger partial charge in [-0.1, -0.05) is 33.2 Å². The molecule has 112 valence electrons. The maximum atomic E-state index is 11.9. The highest BCUT2D eigenvalue weighted by Gasteiger charge is 2.26. The van der Waals surface area contributed by atoms with Crippen LogP contribution in [0.2, 0.25) is 5.54 Å². The third kappa shape index (κ3) is 3.32. The molecule has 0 spiro atoms. The van der Waals surface area contributed by atoms with E-state index in [0.717, 1.165) is 28.3 Å². The van der Waals surface area contributed by atoms with Gasteiger partial charge in [0.25, 0.3) is 10.1 Å². The van der Waals surface area contributed by atoms with Crippen LogP contribution in [0.1, 0.15) is 49.9 Å². The number of rotatable bonds is 5. The fraction of sp³-hybridized carbons (Fsp3) is 0.600. The van der Waals surface area contributed by atoms with Crippen molar-refractivity contribution in [1.82, 2.24) is 0 Å². The van der Waals surface area contributed by atoms with Gasteiger partial charge in [-0.05, 0) is 54.1 Å². The summed E-state index contributed by atoms with van der Waals surface area (Å²) in [5, 5.41) is 0.821. The average Bonchev–Trinajstić information content (AvgIpc) is 2.31. The molecule has 0 aliphatic carbocycles. The first-order valence-electron chi connectivity index (χ1n) is 7.03.